The lowest BCUT2D eigenvalue weighted by Gasteiger charge is -2.28. The van der Waals surface area contributed by atoms with Crippen LogP contribution in [-0.4, -0.2) is 19.4 Å². The highest BCUT2D eigenvalue weighted by molar-refractivity contribution is 7.92. The molecule has 0 aromatic heterocycles. The first-order valence-corrected chi connectivity index (χ1v) is 7.83. The number of nitrogens with two attached hydrogens (primary N) is 1. The Morgan fingerprint density at radius 3 is 2.65 bits per heavy atom. The van der Waals surface area contributed by atoms with Crippen LogP contribution in [0.25, 0.3) is 0 Å². The van der Waals surface area contributed by atoms with Crippen molar-refractivity contribution in [1.29, 1.82) is 0 Å². The number of hydrogen-bond donors (Lipinski definition) is 1. The second-order valence-corrected chi connectivity index (χ2v) is 7.20. The summed E-state index contributed by atoms with van der Waals surface area (Å²) < 4.78 is 24.0. The van der Waals surface area contributed by atoms with E-state index < -0.39 is 21.1 Å². The SMILES string of the molecule is NC(c1ccccc1Cl)C1CCCCS1(=O)=O. The molecule has 1 heterocycles. The van der Waals surface area contributed by atoms with E-state index in [9.17, 15) is 8.42 Å². The summed E-state index contributed by atoms with van der Waals surface area (Å²) in [6, 6.07) is 6.67. The molecule has 2 N–H and O–H groups in total. The van der Waals surface area contributed by atoms with Crippen LogP contribution in [-0.2, 0) is 9.84 Å². The van der Waals surface area contributed by atoms with Crippen molar-refractivity contribution in [2.45, 2.75) is 30.6 Å². The second kappa shape index (κ2) is 4.96. The summed E-state index contributed by atoms with van der Waals surface area (Å²) in [5, 5.41) is 0.0527. The normalized spacial score (nSPS) is 25.4. The summed E-state index contributed by atoms with van der Waals surface area (Å²) in [4.78, 5) is 0. The maximum atomic E-state index is 12.0. The largest absolute Gasteiger partial charge is 0.323 e. The average Bonchev–Trinajstić information content (AvgIpc) is 2.28. The lowest BCUT2D eigenvalue weighted by atomic mass is 10.0. The minimum atomic E-state index is -3.07. The van der Waals surface area contributed by atoms with Gasteiger partial charge >= 0.3 is 0 Å². The second-order valence-electron chi connectivity index (χ2n) is 4.45. The van der Waals surface area contributed by atoms with Gasteiger partial charge in [-0.05, 0) is 24.5 Å². The highest BCUT2D eigenvalue weighted by Gasteiger charge is 2.34. The minimum Gasteiger partial charge on any atom is -0.323 e. The molecule has 1 fully saturated rings. The Morgan fingerprint density at radius 1 is 1.29 bits per heavy atom. The third kappa shape index (κ3) is 2.64. The van der Waals surface area contributed by atoms with Gasteiger partial charge < -0.3 is 5.73 Å². The fraction of sp³-hybridized carbons (Fsp3) is 0.500. The van der Waals surface area contributed by atoms with Gasteiger partial charge in [0, 0.05) is 11.1 Å². The first-order chi connectivity index (χ1) is 8.02. The van der Waals surface area contributed by atoms with E-state index in [0.29, 0.717) is 11.4 Å². The molecular weight excluding hydrogens is 258 g/mol. The molecule has 2 rings (SSSR count). The van der Waals surface area contributed by atoms with E-state index in [1.54, 1.807) is 12.1 Å². The topological polar surface area (TPSA) is 60.2 Å². The van der Waals surface area contributed by atoms with E-state index in [1.807, 2.05) is 12.1 Å². The van der Waals surface area contributed by atoms with Gasteiger partial charge in [-0.15, -0.1) is 0 Å². The van der Waals surface area contributed by atoms with E-state index in [4.69, 9.17) is 17.3 Å². The van der Waals surface area contributed by atoms with Gasteiger partial charge in [-0.2, -0.15) is 0 Å². The van der Waals surface area contributed by atoms with Crippen molar-refractivity contribution < 1.29 is 8.42 Å². The molecular formula is C12H16ClNO2S. The third-order valence-electron chi connectivity index (χ3n) is 3.29. The quantitative estimate of drug-likeness (QED) is 0.899. The Hall–Kier alpha value is -0.580. The first-order valence-electron chi connectivity index (χ1n) is 5.74. The number of hydrogen-bond acceptors (Lipinski definition) is 3. The summed E-state index contributed by atoms with van der Waals surface area (Å²) in [6.07, 6.45) is 2.30. The van der Waals surface area contributed by atoms with Crippen molar-refractivity contribution in [2.24, 2.45) is 5.73 Å². The fourth-order valence-corrected chi connectivity index (χ4v) is 4.62. The van der Waals surface area contributed by atoms with E-state index in [2.05, 4.69) is 0 Å². The minimum absolute atomic E-state index is 0.246. The van der Waals surface area contributed by atoms with E-state index in [0.717, 1.165) is 18.4 Å². The summed E-state index contributed by atoms with van der Waals surface area (Å²) in [5.74, 6) is 0.246. The first kappa shape index (κ1) is 12.9. The monoisotopic (exact) mass is 273 g/mol. The number of rotatable bonds is 2. The molecule has 0 radical (unpaired) electrons. The van der Waals surface area contributed by atoms with Crippen molar-refractivity contribution in [1.82, 2.24) is 0 Å². The average molecular weight is 274 g/mol. The smallest absolute Gasteiger partial charge is 0.155 e. The summed E-state index contributed by atoms with van der Waals surface area (Å²) in [7, 11) is -3.07. The lowest BCUT2D eigenvalue weighted by Crippen LogP contribution is -2.37. The molecule has 94 valence electrons. The highest BCUT2D eigenvalue weighted by atomic mass is 35.5. The van der Waals surface area contributed by atoms with Crippen LogP contribution in [0.5, 0.6) is 0 Å². The van der Waals surface area contributed by atoms with Crippen LogP contribution in [0.15, 0.2) is 24.3 Å². The molecule has 17 heavy (non-hydrogen) atoms. The standard InChI is InChI=1S/C12H16ClNO2S/c13-10-6-2-1-5-9(10)12(14)11-7-3-4-8-17(11,15)16/h1-2,5-6,11-12H,3-4,7-8,14H2. The van der Waals surface area contributed by atoms with Crippen LogP contribution in [0, 0.1) is 0 Å². The number of halogens is 1. The zero-order chi connectivity index (χ0) is 12.5. The molecule has 2 atom stereocenters. The Bertz CT molecular complexity index is 501. The highest BCUT2D eigenvalue weighted by Crippen LogP contribution is 2.32. The third-order valence-corrected chi connectivity index (χ3v) is 5.95. The summed E-state index contributed by atoms with van der Waals surface area (Å²) in [5.41, 5.74) is 6.81. The predicted octanol–water partition coefficient (Wildman–Crippen LogP) is 2.31. The Labute approximate surface area is 107 Å². The summed E-state index contributed by atoms with van der Waals surface area (Å²) >= 11 is 6.06. The van der Waals surface area contributed by atoms with Crippen molar-refractivity contribution in [3.8, 4) is 0 Å². The Balaban J connectivity index is 2.31. The molecule has 2 unspecified atom stereocenters. The molecule has 5 heteroatoms. The van der Waals surface area contributed by atoms with Crippen molar-refractivity contribution in [2.75, 3.05) is 5.75 Å². The van der Waals surface area contributed by atoms with Crippen molar-refractivity contribution >= 4 is 21.4 Å². The van der Waals surface area contributed by atoms with Crippen LogP contribution in [0.3, 0.4) is 0 Å². The van der Waals surface area contributed by atoms with Gasteiger partial charge in [0.25, 0.3) is 0 Å². The van der Waals surface area contributed by atoms with Gasteiger partial charge in [-0.3, -0.25) is 0 Å². The molecule has 1 saturated heterocycles. The Kier molecular flexibility index (Phi) is 3.76. The van der Waals surface area contributed by atoms with Gasteiger partial charge in [0.1, 0.15) is 0 Å². The maximum absolute atomic E-state index is 12.0. The van der Waals surface area contributed by atoms with Crippen LogP contribution in [0.1, 0.15) is 30.9 Å². The zero-order valence-corrected chi connectivity index (χ0v) is 11.0. The van der Waals surface area contributed by atoms with Crippen molar-refractivity contribution in [3.63, 3.8) is 0 Å². The molecule has 0 spiro atoms. The van der Waals surface area contributed by atoms with Crippen LogP contribution in [0.4, 0.5) is 0 Å². The molecule has 1 aromatic rings. The van der Waals surface area contributed by atoms with E-state index >= 15 is 0 Å². The molecule has 1 aliphatic rings. The predicted molar refractivity (Wildman–Crippen MR) is 69.8 cm³/mol. The van der Waals surface area contributed by atoms with Gasteiger partial charge in [0.05, 0.1) is 11.0 Å². The Morgan fingerprint density at radius 2 is 2.00 bits per heavy atom. The summed E-state index contributed by atoms with van der Waals surface area (Å²) in [6.45, 7) is 0. The molecule has 1 aromatic carbocycles. The van der Waals surface area contributed by atoms with Crippen LogP contribution in [0.2, 0.25) is 5.02 Å². The van der Waals surface area contributed by atoms with Gasteiger partial charge in [0.2, 0.25) is 0 Å². The maximum Gasteiger partial charge on any atom is 0.155 e. The molecule has 0 bridgehead atoms. The number of benzene rings is 1. The van der Waals surface area contributed by atoms with Crippen LogP contribution >= 0.6 is 11.6 Å². The van der Waals surface area contributed by atoms with Crippen molar-refractivity contribution in [3.05, 3.63) is 34.9 Å². The van der Waals surface area contributed by atoms with E-state index in [-0.39, 0.29) is 5.75 Å². The van der Waals surface area contributed by atoms with Gasteiger partial charge in [-0.25, -0.2) is 8.42 Å². The number of sulfone groups is 1. The lowest BCUT2D eigenvalue weighted by molar-refractivity contribution is 0.505. The molecule has 0 saturated carbocycles. The van der Waals surface area contributed by atoms with Crippen LogP contribution < -0.4 is 5.73 Å². The van der Waals surface area contributed by atoms with Gasteiger partial charge in [0.15, 0.2) is 9.84 Å². The van der Waals surface area contributed by atoms with E-state index in [1.165, 1.54) is 0 Å². The zero-order valence-electron chi connectivity index (χ0n) is 9.47. The van der Waals surface area contributed by atoms with Gasteiger partial charge in [-0.1, -0.05) is 36.2 Å². The fourth-order valence-electron chi connectivity index (χ4n) is 2.33. The molecule has 3 nitrogen and oxygen atoms in total. The molecule has 0 amide bonds. The molecule has 0 aliphatic carbocycles. The molecule has 1 aliphatic heterocycles.